The third-order valence-electron chi connectivity index (χ3n) is 3.24. The number of hydrogen-bond acceptors (Lipinski definition) is 3. The van der Waals surface area contributed by atoms with Gasteiger partial charge in [0, 0.05) is 12.5 Å². The van der Waals surface area contributed by atoms with Crippen LogP contribution in [0.2, 0.25) is 10.0 Å². The number of halogens is 2. The van der Waals surface area contributed by atoms with E-state index in [0.717, 1.165) is 6.08 Å². The van der Waals surface area contributed by atoms with E-state index in [1.807, 2.05) is 0 Å². The summed E-state index contributed by atoms with van der Waals surface area (Å²) in [5.41, 5.74) is -0.428. The fourth-order valence-corrected chi connectivity index (χ4v) is 3.06. The van der Waals surface area contributed by atoms with Crippen LogP contribution in [0.1, 0.15) is 12.5 Å². The molecule has 0 aliphatic carbocycles. The summed E-state index contributed by atoms with van der Waals surface area (Å²) in [6.45, 7) is 1.29. The van der Waals surface area contributed by atoms with Crippen molar-refractivity contribution in [1.29, 1.82) is 0 Å². The number of amides is 1. The van der Waals surface area contributed by atoms with Crippen molar-refractivity contribution < 1.29 is 24.3 Å². The van der Waals surface area contributed by atoms with E-state index in [9.17, 15) is 14.5 Å². The van der Waals surface area contributed by atoms with E-state index >= 15 is 0 Å². The molecular weight excluding hydrogens is 388 g/mol. The molecule has 0 aromatic heterocycles. The number of para-hydroxylation sites is 2. The molecule has 0 heterocycles. The van der Waals surface area contributed by atoms with E-state index in [2.05, 4.69) is 0 Å². The summed E-state index contributed by atoms with van der Waals surface area (Å²) < 4.78 is 11.2. The zero-order valence-electron chi connectivity index (χ0n) is 12.9. The molecule has 0 spiro atoms. The Morgan fingerprint density at radius 2 is 1.64 bits per heavy atom. The lowest BCUT2D eigenvalue weighted by atomic mass is 10.1. The predicted molar refractivity (Wildman–Crippen MR) is 98.4 cm³/mol. The fourth-order valence-electron chi connectivity index (χ4n) is 2.19. The van der Waals surface area contributed by atoms with Crippen LogP contribution in [-0.2, 0) is 9.36 Å². The third-order valence-corrected chi connectivity index (χ3v) is 4.57. The SMILES string of the molecule is CC(=O)N(c1ccccc1/C=C(\O)P(=O)(O)O)c1c(Cl)cccc1Cl. The van der Waals surface area contributed by atoms with Crippen LogP contribution in [0, 0.1) is 0 Å². The molecule has 3 N–H and O–H groups in total. The molecule has 0 aliphatic heterocycles. The van der Waals surface area contributed by atoms with Crippen LogP contribution in [0.4, 0.5) is 11.4 Å². The number of carbonyl (C=O) groups is 1. The normalized spacial score (nSPS) is 12.1. The van der Waals surface area contributed by atoms with E-state index in [1.54, 1.807) is 36.4 Å². The van der Waals surface area contributed by atoms with Crippen molar-refractivity contribution in [3.8, 4) is 0 Å². The van der Waals surface area contributed by atoms with E-state index in [4.69, 9.17) is 33.0 Å². The van der Waals surface area contributed by atoms with Crippen molar-refractivity contribution in [2.24, 2.45) is 0 Å². The van der Waals surface area contributed by atoms with E-state index in [0.29, 0.717) is 0 Å². The molecular formula is C16H14Cl2NO5P. The summed E-state index contributed by atoms with van der Waals surface area (Å²) >= 11 is 12.4. The number of anilines is 2. The highest BCUT2D eigenvalue weighted by molar-refractivity contribution is 7.56. The lowest BCUT2D eigenvalue weighted by molar-refractivity contribution is -0.115. The van der Waals surface area contributed by atoms with Crippen LogP contribution in [0.15, 0.2) is 48.0 Å². The number of benzene rings is 2. The second-order valence-corrected chi connectivity index (χ2v) is 7.39. The minimum atomic E-state index is -4.83. The molecule has 9 heteroatoms. The first-order chi connectivity index (χ1) is 11.6. The van der Waals surface area contributed by atoms with Crippen molar-refractivity contribution >= 4 is 54.2 Å². The van der Waals surface area contributed by atoms with Gasteiger partial charge in [-0.3, -0.25) is 14.3 Å². The lowest BCUT2D eigenvalue weighted by Crippen LogP contribution is -2.24. The van der Waals surface area contributed by atoms with Gasteiger partial charge < -0.3 is 14.9 Å². The maximum atomic E-state index is 12.3. The minimum Gasteiger partial charge on any atom is -0.501 e. The van der Waals surface area contributed by atoms with Crippen LogP contribution in [0.25, 0.3) is 6.08 Å². The summed E-state index contributed by atoms with van der Waals surface area (Å²) in [4.78, 5) is 31.6. The number of aliphatic hydroxyl groups is 1. The highest BCUT2D eigenvalue weighted by atomic mass is 35.5. The second-order valence-electron chi connectivity index (χ2n) is 5.03. The minimum absolute atomic E-state index is 0.203. The Kier molecular flexibility index (Phi) is 5.93. The van der Waals surface area contributed by atoms with Gasteiger partial charge >= 0.3 is 7.60 Å². The zero-order chi connectivity index (χ0) is 18.8. The second kappa shape index (κ2) is 7.60. The molecule has 2 aromatic carbocycles. The quantitative estimate of drug-likeness (QED) is 0.508. The lowest BCUT2D eigenvalue weighted by Gasteiger charge is -2.25. The van der Waals surface area contributed by atoms with Crippen LogP contribution < -0.4 is 4.90 Å². The average molecular weight is 402 g/mol. The third kappa shape index (κ3) is 4.42. The Morgan fingerprint density at radius 1 is 1.08 bits per heavy atom. The first kappa shape index (κ1) is 19.5. The Balaban J connectivity index is 2.70. The molecule has 132 valence electrons. The van der Waals surface area contributed by atoms with Crippen molar-refractivity contribution in [2.75, 3.05) is 4.90 Å². The maximum Gasteiger partial charge on any atom is 0.390 e. The number of rotatable bonds is 4. The van der Waals surface area contributed by atoms with Gasteiger partial charge in [-0.15, -0.1) is 0 Å². The molecule has 2 rings (SSSR count). The van der Waals surface area contributed by atoms with Crippen molar-refractivity contribution in [2.45, 2.75) is 6.92 Å². The molecule has 0 unspecified atom stereocenters. The summed E-state index contributed by atoms with van der Waals surface area (Å²) in [6, 6.07) is 11.0. The smallest absolute Gasteiger partial charge is 0.390 e. The summed E-state index contributed by atoms with van der Waals surface area (Å²) in [7, 11) is -4.83. The number of aliphatic hydroxyl groups excluding tert-OH is 1. The Hall–Kier alpha value is -1.82. The van der Waals surface area contributed by atoms with Gasteiger partial charge in [0.2, 0.25) is 11.4 Å². The number of nitrogens with zero attached hydrogens (tertiary/aromatic N) is 1. The van der Waals surface area contributed by atoms with Crippen molar-refractivity contribution in [3.05, 3.63) is 63.6 Å². The van der Waals surface area contributed by atoms with Gasteiger partial charge in [0.15, 0.2) is 0 Å². The fraction of sp³-hybridized carbons (Fsp3) is 0.0625. The first-order valence-electron chi connectivity index (χ1n) is 6.93. The van der Waals surface area contributed by atoms with Gasteiger partial charge in [-0.05, 0) is 24.3 Å². The number of carbonyl (C=O) groups excluding carboxylic acids is 1. The Morgan fingerprint density at radius 3 is 2.16 bits per heavy atom. The molecule has 0 atom stereocenters. The van der Waals surface area contributed by atoms with Crippen LogP contribution in [0.3, 0.4) is 0 Å². The van der Waals surface area contributed by atoms with E-state index < -0.39 is 19.0 Å². The van der Waals surface area contributed by atoms with Gasteiger partial charge in [-0.1, -0.05) is 47.5 Å². The first-order valence-corrected chi connectivity index (χ1v) is 9.30. The highest BCUT2D eigenvalue weighted by Crippen LogP contribution is 2.45. The van der Waals surface area contributed by atoms with Crippen LogP contribution in [0.5, 0.6) is 0 Å². The summed E-state index contributed by atoms with van der Waals surface area (Å²) in [5, 5.41) is 10.1. The maximum absolute atomic E-state index is 12.3. The average Bonchev–Trinajstić information content (AvgIpc) is 2.50. The highest BCUT2D eigenvalue weighted by Gasteiger charge is 2.24. The molecule has 0 aliphatic rings. The molecule has 0 saturated heterocycles. The van der Waals surface area contributed by atoms with Crippen molar-refractivity contribution in [1.82, 2.24) is 0 Å². The molecule has 0 fully saturated rings. The summed E-state index contributed by atoms with van der Waals surface area (Å²) in [6.07, 6.45) is 0.900. The standard InChI is InChI=1S/C16H14Cl2NO5P/c1-10(20)19(16-12(17)6-4-7-13(16)18)14-8-3-2-5-11(14)9-15(21)25(22,23)24/h2-9,21H,1H3,(H2,22,23,24)/b15-9+. The van der Waals surface area contributed by atoms with Gasteiger partial charge in [0.25, 0.3) is 0 Å². The topological polar surface area (TPSA) is 98.1 Å². The van der Waals surface area contributed by atoms with Gasteiger partial charge in [0.1, 0.15) is 0 Å². The van der Waals surface area contributed by atoms with Gasteiger partial charge in [0.05, 0.1) is 21.4 Å². The van der Waals surface area contributed by atoms with E-state index in [1.165, 1.54) is 17.9 Å². The predicted octanol–water partition coefficient (Wildman–Crippen LogP) is 4.71. The Bertz CT molecular complexity index is 874. The summed E-state index contributed by atoms with van der Waals surface area (Å²) in [5.74, 6) is -0.425. The zero-order valence-corrected chi connectivity index (χ0v) is 15.3. The number of hydrogen-bond donors (Lipinski definition) is 3. The molecule has 1 amide bonds. The molecule has 25 heavy (non-hydrogen) atoms. The largest absolute Gasteiger partial charge is 0.501 e. The van der Waals surface area contributed by atoms with E-state index in [-0.39, 0.29) is 27.0 Å². The molecule has 2 aromatic rings. The molecule has 0 saturated carbocycles. The monoisotopic (exact) mass is 401 g/mol. The van der Waals surface area contributed by atoms with Crippen LogP contribution in [-0.4, -0.2) is 20.8 Å². The molecule has 6 nitrogen and oxygen atoms in total. The molecule has 0 bridgehead atoms. The molecule has 0 radical (unpaired) electrons. The Labute approximate surface area is 154 Å². The van der Waals surface area contributed by atoms with Gasteiger partial charge in [-0.2, -0.15) is 0 Å². The van der Waals surface area contributed by atoms with Crippen LogP contribution >= 0.6 is 30.8 Å². The van der Waals surface area contributed by atoms with Crippen molar-refractivity contribution in [3.63, 3.8) is 0 Å². The van der Waals surface area contributed by atoms with Gasteiger partial charge in [-0.25, -0.2) is 0 Å².